The highest BCUT2D eigenvalue weighted by atomic mass is 16.6. The monoisotopic (exact) mass is 333 g/mol. The number of ketones is 1. The van der Waals surface area contributed by atoms with Gasteiger partial charge in [-0.3, -0.25) is 9.59 Å². The van der Waals surface area contributed by atoms with Gasteiger partial charge in [0.05, 0.1) is 6.61 Å². The molecule has 1 heterocycles. The number of esters is 1. The lowest BCUT2D eigenvalue weighted by Gasteiger charge is -2.31. The molecule has 0 spiro atoms. The smallest absolute Gasteiger partial charge is 0.410 e. The summed E-state index contributed by atoms with van der Waals surface area (Å²) in [6, 6.07) is 9.55. The maximum Gasteiger partial charge on any atom is 0.410 e. The molecule has 2 rings (SSSR count). The van der Waals surface area contributed by atoms with Crippen molar-refractivity contribution in [1.82, 2.24) is 4.90 Å². The number of amides is 1. The Balaban J connectivity index is 1.65. The van der Waals surface area contributed by atoms with E-state index in [1.807, 2.05) is 30.3 Å². The largest absolute Gasteiger partial charge is 0.465 e. The number of carbonyl (C=O) groups is 3. The van der Waals surface area contributed by atoms with Crippen LogP contribution in [0.1, 0.15) is 31.7 Å². The molecule has 0 bridgehead atoms. The van der Waals surface area contributed by atoms with E-state index in [9.17, 15) is 14.4 Å². The lowest BCUT2D eigenvalue weighted by molar-refractivity contribution is -0.147. The van der Waals surface area contributed by atoms with E-state index in [4.69, 9.17) is 9.47 Å². The van der Waals surface area contributed by atoms with E-state index >= 15 is 0 Å². The van der Waals surface area contributed by atoms with E-state index in [0.717, 1.165) is 18.4 Å². The number of likely N-dealkylation sites (tertiary alicyclic amines) is 1. The second kappa shape index (κ2) is 9.05. The molecule has 1 aromatic rings. The molecule has 1 fully saturated rings. The van der Waals surface area contributed by atoms with Crippen molar-refractivity contribution >= 4 is 17.8 Å². The highest BCUT2D eigenvalue weighted by Crippen LogP contribution is 2.18. The van der Waals surface area contributed by atoms with Gasteiger partial charge in [-0.2, -0.15) is 0 Å². The van der Waals surface area contributed by atoms with E-state index in [0.29, 0.717) is 19.7 Å². The predicted molar refractivity (Wildman–Crippen MR) is 87.2 cm³/mol. The van der Waals surface area contributed by atoms with Crippen LogP contribution in [0.5, 0.6) is 0 Å². The van der Waals surface area contributed by atoms with E-state index < -0.39 is 5.97 Å². The molecular weight excluding hydrogens is 310 g/mol. The maximum absolute atomic E-state index is 12.0. The zero-order valence-electron chi connectivity index (χ0n) is 13.9. The Morgan fingerprint density at radius 3 is 2.38 bits per heavy atom. The summed E-state index contributed by atoms with van der Waals surface area (Å²) in [4.78, 5) is 35.9. The number of carbonyl (C=O) groups excluding carboxylic acids is 3. The summed E-state index contributed by atoms with van der Waals surface area (Å²) >= 11 is 0. The molecule has 1 aliphatic heterocycles. The number of Topliss-reactive ketones (excluding diaryl/α,β-unsaturated/α-hetero) is 1. The minimum atomic E-state index is -0.479. The molecule has 0 aromatic heterocycles. The first-order chi connectivity index (χ1) is 11.5. The van der Waals surface area contributed by atoms with Crippen molar-refractivity contribution in [3.05, 3.63) is 35.9 Å². The van der Waals surface area contributed by atoms with Crippen LogP contribution in [0, 0.1) is 5.92 Å². The first-order valence-corrected chi connectivity index (χ1v) is 8.15. The SMILES string of the molecule is CC(=O)CC(=O)OCC1CCN(C(=O)OCc2ccccc2)CC1. The number of nitrogens with zero attached hydrogens (tertiary/aromatic N) is 1. The molecule has 0 radical (unpaired) electrons. The minimum Gasteiger partial charge on any atom is -0.465 e. The number of rotatable bonds is 6. The predicted octanol–water partition coefficient (Wildman–Crippen LogP) is 2.56. The van der Waals surface area contributed by atoms with Gasteiger partial charge in [0.15, 0.2) is 0 Å². The number of hydrogen-bond donors (Lipinski definition) is 0. The number of benzene rings is 1. The first-order valence-electron chi connectivity index (χ1n) is 8.15. The molecule has 1 aliphatic rings. The molecule has 1 saturated heterocycles. The van der Waals surface area contributed by atoms with Crippen LogP contribution >= 0.6 is 0 Å². The van der Waals surface area contributed by atoms with Crippen molar-refractivity contribution < 1.29 is 23.9 Å². The molecule has 6 heteroatoms. The Kier molecular flexibility index (Phi) is 6.78. The molecule has 24 heavy (non-hydrogen) atoms. The minimum absolute atomic E-state index is 0.176. The van der Waals surface area contributed by atoms with E-state index in [2.05, 4.69) is 0 Å². The van der Waals surface area contributed by atoms with Gasteiger partial charge in [0.25, 0.3) is 0 Å². The fraction of sp³-hybridized carbons (Fsp3) is 0.500. The highest BCUT2D eigenvalue weighted by molar-refractivity contribution is 5.94. The molecular formula is C18H23NO5. The number of ether oxygens (including phenoxy) is 2. The summed E-state index contributed by atoms with van der Waals surface area (Å²) in [7, 11) is 0. The van der Waals surface area contributed by atoms with Crippen molar-refractivity contribution in [1.29, 1.82) is 0 Å². The Labute approximate surface area is 141 Å². The lowest BCUT2D eigenvalue weighted by atomic mass is 9.98. The quantitative estimate of drug-likeness (QED) is 0.591. The second-order valence-corrected chi connectivity index (χ2v) is 6.03. The Morgan fingerprint density at radius 1 is 1.08 bits per heavy atom. The molecule has 0 N–H and O–H groups in total. The molecule has 1 amide bonds. The van der Waals surface area contributed by atoms with Gasteiger partial charge in [-0.05, 0) is 31.2 Å². The molecule has 0 atom stereocenters. The van der Waals surface area contributed by atoms with Crippen LogP contribution in [0.3, 0.4) is 0 Å². The standard InChI is InChI=1S/C18H23NO5/c1-14(20)11-17(21)23-12-16-7-9-19(10-8-16)18(22)24-13-15-5-3-2-4-6-15/h2-6,16H,7-13H2,1H3. The summed E-state index contributed by atoms with van der Waals surface area (Å²) in [5.74, 6) is -0.456. The normalized spacial score (nSPS) is 15.0. The molecule has 0 aliphatic carbocycles. The van der Waals surface area contributed by atoms with Crippen molar-refractivity contribution in [3.8, 4) is 0 Å². The van der Waals surface area contributed by atoms with Crippen molar-refractivity contribution in [2.75, 3.05) is 19.7 Å². The van der Waals surface area contributed by atoms with E-state index in [1.54, 1.807) is 4.90 Å². The van der Waals surface area contributed by atoms with Crippen molar-refractivity contribution in [2.24, 2.45) is 5.92 Å². The van der Waals surface area contributed by atoms with Gasteiger partial charge in [0.2, 0.25) is 0 Å². The van der Waals surface area contributed by atoms with Crippen LogP contribution in [-0.4, -0.2) is 42.4 Å². The zero-order valence-corrected chi connectivity index (χ0v) is 13.9. The third-order valence-corrected chi connectivity index (χ3v) is 3.95. The van der Waals surface area contributed by atoms with Crippen LogP contribution in [0.25, 0.3) is 0 Å². The Bertz CT molecular complexity index is 564. The summed E-state index contributed by atoms with van der Waals surface area (Å²) < 4.78 is 10.4. The van der Waals surface area contributed by atoms with Gasteiger partial charge in [-0.15, -0.1) is 0 Å². The molecule has 1 aromatic carbocycles. The second-order valence-electron chi connectivity index (χ2n) is 6.03. The average Bonchev–Trinajstić information content (AvgIpc) is 2.58. The lowest BCUT2D eigenvalue weighted by Crippen LogP contribution is -2.39. The van der Waals surface area contributed by atoms with Crippen LogP contribution in [0.2, 0.25) is 0 Å². The van der Waals surface area contributed by atoms with E-state index in [1.165, 1.54) is 6.92 Å². The summed E-state index contributed by atoms with van der Waals surface area (Å²) in [6.07, 6.45) is 1.03. The van der Waals surface area contributed by atoms with Gasteiger partial charge >= 0.3 is 12.1 Å². The zero-order chi connectivity index (χ0) is 17.4. The van der Waals surface area contributed by atoms with E-state index in [-0.39, 0.29) is 30.8 Å². The van der Waals surface area contributed by atoms with Crippen LogP contribution < -0.4 is 0 Å². The molecule has 6 nitrogen and oxygen atoms in total. The number of hydrogen-bond acceptors (Lipinski definition) is 5. The van der Waals surface area contributed by atoms with Crippen LogP contribution in [-0.2, 0) is 25.7 Å². The van der Waals surface area contributed by atoms with Crippen molar-refractivity contribution in [3.63, 3.8) is 0 Å². The summed E-state index contributed by atoms with van der Waals surface area (Å²) in [5, 5.41) is 0. The fourth-order valence-corrected chi connectivity index (χ4v) is 2.56. The van der Waals surface area contributed by atoms with Gasteiger partial charge < -0.3 is 14.4 Å². The third-order valence-electron chi connectivity index (χ3n) is 3.95. The number of piperidine rings is 1. The van der Waals surface area contributed by atoms with Gasteiger partial charge in [0.1, 0.15) is 18.8 Å². The fourth-order valence-electron chi connectivity index (χ4n) is 2.56. The summed E-state index contributed by atoms with van der Waals surface area (Å²) in [6.45, 7) is 3.10. The third kappa shape index (κ3) is 6.02. The van der Waals surface area contributed by atoms with Crippen molar-refractivity contribution in [2.45, 2.75) is 32.8 Å². The Hall–Kier alpha value is -2.37. The highest BCUT2D eigenvalue weighted by Gasteiger charge is 2.24. The first kappa shape index (κ1) is 18.0. The average molecular weight is 333 g/mol. The maximum atomic E-state index is 12.0. The van der Waals surface area contributed by atoms with Crippen LogP contribution in [0.4, 0.5) is 4.79 Å². The van der Waals surface area contributed by atoms with Gasteiger partial charge in [0, 0.05) is 13.1 Å². The topological polar surface area (TPSA) is 72.9 Å². The van der Waals surface area contributed by atoms with Crippen LogP contribution in [0.15, 0.2) is 30.3 Å². The molecule has 130 valence electrons. The van der Waals surface area contributed by atoms with Gasteiger partial charge in [-0.1, -0.05) is 30.3 Å². The summed E-state index contributed by atoms with van der Waals surface area (Å²) in [5.41, 5.74) is 0.957. The van der Waals surface area contributed by atoms with Gasteiger partial charge in [-0.25, -0.2) is 4.79 Å². The molecule has 0 saturated carbocycles. The molecule has 0 unspecified atom stereocenters. The Morgan fingerprint density at radius 2 is 1.75 bits per heavy atom.